The van der Waals surface area contributed by atoms with Gasteiger partial charge in [0.05, 0.1) is 10.9 Å². The van der Waals surface area contributed by atoms with Crippen molar-refractivity contribution in [1.29, 1.82) is 0 Å². The van der Waals surface area contributed by atoms with Crippen molar-refractivity contribution in [3.8, 4) is 0 Å². The monoisotopic (exact) mass is 384 g/mol. The van der Waals surface area contributed by atoms with Crippen LogP contribution in [0.1, 0.15) is 40.6 Å². The maximum absolute atomic E-state index is 12.7. The lowest BCUT2D eigenvalue weighted by Gasteiger charge is -2.25. The van der Waals surface area contributed by atoms with Gasteiger partial charge < -0.3 is 9.73 Å². The van der Waals surface area contributed by atoms with Crippen molar-refractivity contribution in [2.45, 2.75) is 30.2 Å². The van der Waals surface area contributed by atoms with Crippen molar-refractivity contribution in [3.63, 3.8) is 0 Å². The lowest BCUT2D eigenvalue weighted by Crippen LogP contribution is -2.30. The first-order chi connectivity index (χ1) is 13.0. The van der Waals surface area contributed by atoms with Gasteiger partial charge in [0.2, 0.25) is 10.0 Å². The number of fused-ring (bicyclic) bond motifs is 2. The smallest absolute Gasteiger partial charge is 0.287 e. The van der Waals surface area contributed by atoms with E-state index in [-0.39, 0.29) is 22.6 Å². The third-order valence-electron chi connectivity index (χ3n) is 4.97. The zero-order valence-electron chi connectivity index (χ0n) is 14.9. The summed E-state index contributed by atoms with van der Waals surface area (Å²) in [7, 11) is -2.19. The minimum atomic E-state index is -3.55. The quantitative estimate of drug-likeness (QED) is 0.723. The molecule has 3 aromatic rings. The molecule has 0 fully saturated rings. The number of rotatable bonds is 4. The first kappa shape index (κ1) is 17.8. The summed E-state index contributed by atoms with van der Waals surface area (Å²) in [4.78, 5) is 12.8. The van der Waals surface area contributed by atoms with E-state index in [1.807, 2.05) is 18.2 Å². The van der Waals surface area contributed by atoms with Crippen LogP contribution in [-0.2, 0) is 16.4 Å². The zero-order chi connectivity index (χ0) is 19.0. The van der Waals surface area contributed by atoms with Crippen LogP contribution in [0.5, 0.6) is 0 Å². The van der Waals surface area contributed by atoms with Crippen LogP contribution < -0.4 is 10.0 Å². The fraction of sp³-hybridized carbons (Fsp3) is 0.250. The van der Waals surface area contributed by atoms with Crippen LogP contribution in [0, 0.1) is 0 Å². The van der Waals surface area contributed by atoms with Gasteiger partial charge in [0.1, 0.15) is 5.58 Å². The second kappa shape index (κ2) is 6.83. The predicted octanol–water partition coefficient (Wildman–Crippen LogP) is 3.15. The van der Waals surface area contributed by atoms with E-state index in [4.69, 9.17) is 4.42 Å². The number of nitrogens with one attached hydrogen (secondary N) is 2. The molecule has 27 heavy (non-hydrogen) atoms. The van der Waals surface area contributed by atoms with Crippen molar-refractivity contribution < 1.29 is 17.6 Å². The Morgan fingerprint density at radius 1 is 1.15 bits per heavy atom. The van der Waals surface area contributed by atoms with Crippen molar-refractivity contribution in [1.82, 2.24) is 10.0 Å². The molecule has 0 bridgehead atoms. The molecule has 1 unspecified atom stereocenters. The molecular formula is C20H20N2O4S. The Labute approximate surface area is 157 Å². The van der Waals surface area contributed by atoms with E-state index in [1.165, 1.54) is 24.7 Å². The number of sulfonamides is 1. The van der Waals surface area contributed by atoms with Crippen molar-refractivity contribution >= 4 is 26.9 Å². The summed E-state index contributed by atoms with van der Waals surface area (Å²) in [5.74, 6) is -0.127. The molecule has 0 saturated carbocycles. The fourth-order valence-corrected chi connectivity index (χ4v) is 4.32. The van der Waals surface area contributed by atoms with E-state index in [9.17, 15) is 13.2 Å². The molecule has 1 heterocycles. The summed E-state index contributed by atoms with van der Waals surface area (Å²) < 4.78 is 31.8. The lowest BCUT2D eigenvalue weighted by molar-refractivity contribution is 0.0907. The number of benzene rings is 2. The number of furan rings is 1. The van der Waals surface area contributed by atoms with E-state index in [2.05, 4.69) is 16.1 Å². The van der Waals surface area contributed by atoms with E-state index in [0.717, 1.165) is 24.8 Å². The van der Waals surface area contributed by atoms with E-state index >= 15 is 0 Å². The number of carbonyl (C=O) groups is 1. The molecule has 0 aliphatic heterocycles. The predicted molar refractivity (Wildman–Crippen MR) is 102 cm³/mol. The number of carbonyl (C=O) groups excluding carboxylic acids is 1. The largest absolute Gasteiger partial charge is 0.451 e. The molecule has 1 aromatic heterocycles. The van der Waals surface area contributed by atoms with Crippen molar-refractivity contribution in [2.24, 2.45) is 0 Å². The van der Waals surface area contributed by atoms with Gasteiger partial charge in [-0.25, -0.2) is 13.1 Å². The lowest BCUT2D eigenvalue weighted by atomic mass is 9.88. The third-order valence-corrected chi connectivity index (χ3v) is 6.38. The molecule has 2 aromatic carbocycles. The molecule has 0 radical (unpaired) electrons. The fourth-order valence-electron chi connectivity index (χ4n) is 3.55. The highest BCUT2D eigenvalue weighted by Gasteiger charge is 2.23. The average Bonchev–Trinajstić information content (AvgIpc) is 3.12. The standard InChI is InChI=1S/C20H20N2O4S/c1-21-27(24,25)15-9-10-18-14(11-15)12-19(26-18)20(23)22-17-8-4-6-13-5-2-3-7-16(13)17/h2-3,5,7,9-12,17,21H,4,6,8H2,1H3,(H,22,23). The molecule has 0 saturated heterocycles. The summed E-state index contributed by atoms with van der Waals surface area (Å²) in [6, 6.07) is 14.2. The molecule has 1 amide bonds. The average molecular weight is 384 g/mol. The molecule has 1 aliphatic rings. The summed E-state index contributed by atoms with van der Waals surface area (Å²) in [6.07, 6.45) is 2.93. The van der Waals surface area contributed by atoms with Gasteiger partial charge in [0, 0.05) is 5.39 Å². The Hall–Kier alpha value is -2.64. The van der Waals surface area contributed by atoms with Crippen LogP contribution in [0.2, 0.25) is 0 Å². The van der Waals surface area contributed by atoms with Crippen LogP contribution >= 0.6 is 0 Å². The maximum atomic E-state index is 12.7. The number of hydrogen-bond acceptors (Lipinski definition) is 4. The highest BCUT2D eigenvalue weighted by molar-refractivity contribution is 7.89. The number of amides is 1. The van der Waals surface area contributed by atoms with Crippen molar-refractivity contribution in [2.75, 3.05) is 7.05 Å². The Bertz CT molecular complexity index is 1120. The van der Waals surface area contributed by atoms with Gasteiger partial charge in [-0.1, -0.05) is 24.3 Å². The van der Waals surface area contributed by atoms with E-state index in [1.54, 1.807) is 12.1 Å². The molecular weight excluding hydrogens is 364 g/mol. The van der Waals surface area contributed by atoms with Gasteiger partial charge in [-0.15, -0.1) is 0 Å². The number of hydrogen-bond donors (Lipinski definition) is 2. The van der Waals surface area contributed by atoms with Crippen LogP contribution in [0.25, 0.3) is 11.0 Å². The Morgan fingerprint density at radius 3 is 2.78 bits per heavy atom. The maximum Gasteiger partial charge on any atom is 0.287 e. The normalized spacial score (nSPS) is 16.9. The highest BCUT2D eigenvalue weighted by atomic mass is 32.2. The zero-order valence-corrected chi connectivity index (χ0v) is 15.7. The molecule has 4 rings (SSSR count). The number of aryl methyl sites for hydroxylation is 1. The van der Waals surface area contributed by atoms with Gasteiger partial charge in [-0.2, -0.15) is 0 Å². The molecule has 7 heteroatoms. The molecule has 0 spiro atoms. The van der Waals surface area contributed by atoms with E-state index in [0.29, 0.717) is 11.0 Å². The molecule has 2 N–H and O–H groups in total. The Kier molecular flexibility index (Phi) is 4.49. The highest BCUT2D eigenvalue weighted by Crippen LogP contribution is 2.30. The van der Waals surface area contributed by atoms with Gasteiger partial charge in [0.15, 0.2) is 5.76 Å². The van der Waals surface area contributed by atoms with Gasteiger partial charge >= 0.3 is 0 Å². The van der Waals surface area contributed by atoms with Gasteiger partial charge in [-0.05, 0) is 61.7 Å². The van der Waals surface area contributed by atoms with Crippen LogP contribution in [0.3, 0.4) is 0 Å². The minimum absolute atomic E-state index is 0.0455. The van der Waals surface area contributed by atoms with Crippen molar-refractivity contribution in [3.05, 3.63) is 65.4 Å². The summed E-state index contributed by atoms with van der Waals surface area (Å²) in [5.41, 5.74) is 2.88. The summed E-state index contributed by atoms with van der Waals surface area (Å²) in [6.45, 7) is 0. The molecule has 1 atom stereocenters. The second-order valence-corrected chi connectivity index (χ2v) is 8.52. The first-order valence-electron chi connectivity index (χ1n) is 8.84. The molecule has 140 valence electrons. The van der Waals surface area contributed by atoms with Crippen LogP contribution in [0.15, 0.2) is 57.8 Å². The van der Waals surface area contributed by atoms with Gasteiger partial charge in [-0.3, -0.25) is 4.79 Å². The Balaban J connectivity index is 1.60. The summed E-state index contributed by atoms with van der Waals surface area (Å²) in [5, 5.41) is 3.61. The first-order valence-corrected chi connectivity index (χ1v) is 10.3. The molecule has 6 nitrogen and oxygen atoms in total. The van der Waals surface area contributed by atoms with E-state index < -0.39 is 10.0 Å². The summed E-state index contributed by atoms with van der Waals surface area (Å²) >= 11 is 0. The topological polar surface area (TPSA) is 88.4 Å². The molecule has 1 aliphatic carbocycles. The third kappa shape index (κ3) is 3.36. The van der Waals surface area contributed by atoms with Crippen LogP contribution in [0.4, 0.5) is 0 Å². The second-order valence-electron chi connectivity index (χ2n) is 6.63. The van der Waals surface area contributed by atoms with Crippen LogP contribution in [-0.4, -0.2) is 21.4 Å². The van der Waals surface area contributed by atoms with Gasteiger partial charge in [0.25, 0.3) is 5.91 Å². The SMILES string of the molecule is CNS(=O)(=O)c1ccc2oc(C(=O)NC3CCCc4ccccc43)cc2c1. The Morgan fingerprint density at radius 2 is 1.96 bits per heavy atom. The minimum Gasteiger partial charge on any atom is -0.451 e.